The topological polar surface area (TPSA) is 29.5 Å². The Morgan fingerprint density at radius 3 is 2.40 bits per heavy atom. The molecule has 104 valence electrons. The van der Waals surface area contributed by atoms with E-state index in [-0.39, 0.29) is 5.92 Å². The zero-order chi connectivity index (χ0) is 14.2. The molecule has 20 heavy (non-hydrogen) atoms. The highest BCUT2D eigenvalue weighted by Gasteiger charge is 2.51. The summed E-state index contributed by atoms with van der Waals surface area (Å²) in [4.78, 5) is 0. The number of methoxy groups -OCH3 is 1. The molecule has 1 fully saturated rings. The first-order valence-electron chi connectivity index (χ1n) is 7.05. The zero-order valence-corrected chi connectivity index (χ0v) is 11.9. The molecule has 0 heterocycles. The molecule has 3 unspecified atom stereocenters. The van der Waals surface area contributed by atoms with Crippen LogP contribution in [0.15, 0.2) is 54.6 Å². The molecule has 1 aliphatic carbocycles. The molecule has 1 aliphatic rings. The molecule has 2 heteroatoms. The van der Waals surface area contributed by atoms with Gasteiger partial charge in [0.05, 0.1) is 12.7 Å². The van der Waals surface area contributed by atoms with Gasteiger partial charge in [-0.15, -0.1) is 0 Å². The van der Waals surface area contributed by atoms with Gasteiger partial charge in [0.1, 0.15) is 5.75 Å². The number of aliphatic hydroxyl groups is 1. The fourth-order valence-corrected chi connectivity index (χ4v) is 3.15. The molecule has 1 saturated carbocycles. The van der Waals surface area contributed by atoms with Crippen LogP contribution in [-0.4, -0.2) is 12.2 Å². The van der Waals surface area contributed by atoms with Crippen molar-refractivity contribution in [2.45, 2.75) is 24.9 Å². The summed E-state index contributed by atoms with van der Waals surface area (Å²) in [5.74, 6) is 1.45. The molecule has 2 aromatic rings. The minimum atomic E-state index is -0.854. The van der Waals surface area contributed by atoms with Crippen molar-refractivity contribution >= 4 is 0 Å². The monoisotopic (exact) mass is 268 g/mol. The quantitative estimate of drug-likeness (QED) is 0.916. The molecule has 0 bridgehead atoms. The van der Waals surface area contributed by atoms with Crippen LogP contribution in [0.2, 0.25) is 0 Å². The van der Waals surface area contributed by atoms with E-state index in [1.54, 1.807) is 7.11 Å². The van der Waals surface area contributed by atoms with Crippen LogP contribution in [0.25, 0.3) is 0 Å². The number of hydrogen-bond donors (Lipinski definition) is 1. The first kappa shape index (κ1) is 13.2. The van der Waals surface area contributed by atoms with Crippen molar-refractivity contribution in [2.24, 2.45) is 5.92 Å². The lowest BCUT2D eigenvalue weighted by Gasteiger charge is -2.26. The Hall–Kier alpha value is -1.80. The van der Waals surface area contributed by atoms with Gasteiger partial charge in [-0.05, 0) is 36.8 Å². The Kier molecular flexibility index (Phi) is 3.27. The summed E-state index contributed by atoms with van der Waals surface area (Å²) in [6.45, 7) is 1.90. The second-order valence-electron chi connectivity index (χ2n) is 5.71. The lowest BCUT2D eigenvalue weighted by atomic mass is 9.88. The van der Waals surface area contributed by atoms with E-state index >= 15 is 0 Å². The third kappa shape index (κ3) is 2.20. The molecular weight excluding hydrogens is 248 g/mol. The van der Waals surface area contributed by atoms with E-state index in [4.69, 9.17) is 4.74 Å². The third-order valence-corrected chi connectivity index (χ3v) is 4.39. The first-order valence-corrected chi connectivity index (χ1v) is 7.05. The Morgan fingerprint density at radius 2 is 1.70 bits per heavy atom. The van der Waals surface area contributed by atoms with Gasteiger partial charge >= 0.3 is 0 Å². The molecule has 1 N–H and O–H groups in total. The minimum absolute atomic E-state index is 0.251. The fourth-order valence-electron chi connectivity index (χ4n) is 3.15. The second-order valence-corrected chi connectivity index (χ2v) is 5.71. The lowest BCUT2D eigenvalue weighted by molar-refractivity contribution is 0.0285. The Labute approximate surface area is 120 Å². The van der Waals surface area contributed by atoms with Gasteiger partial charge in [0.2, 0.25) is 0 Å². The van der Waals surface area contributed by atoms with Crippen LogP contribution in [0.1, 0.15) is 30.4 Å². The maximum Gasteiger partial charge on any atom is 0.124 e. The zero-order valence-electron chi connectivity index (χ0n) is 11.9. The standard InChI is InChI=1S/C18H20O2/c1-18(19,15-10-6-7-11-17(15)20-2)16-12-14(16)13-8-4-3-5-9-13/h3-11,14,16,19H,12H2,1-2H3. The van der Waals surface area contributed by atoms with E-state index in [1.165, 1.54) is 5.56 Å². The molecule has 0 radical (unpaired) electrons. The van der Waals surface area contributed by atoms with E-state index < -0.39 is 5.60 Å². The van der Waals surface area contributed by atoms with Gasteiger partial charge in [-0.25, -0.2) is 0 Å². The molecule has 2 nitrogen and oxygen atoms in total. The predicted molar refractivity (Wildman–Crippen MR) is 79.9 cm³/mol. The van der Waals surface area contributed by atoms with Gasteiger partial charge in [-0.2, -0.15) is 0 Å². The Bertz CT molecular complexity index is 589. The number of para-hydroxylation sites is 1. The maximum atomic E-state index is 11.0. The van der Waals surface area contributed by atoms with Crippen molar-refractivity contribution in [1.29, 1.82) is 0 Å². The smallest absolute Gasteiger partial charge is 0.124 e. The second kappa shape index (κ2) is 4.95. The normalized spacial score (nSPS) is 23.9. The van der Waals surface area contributed by atoms with Gasteiger partial charge in [0.25, 0.3) is 0 Å². The highest BCUT2D eigenvalue weighted by molar-refractivity contribution is 5.41. The molecule has 0 saturated heterocycles. The Balaban J connectivity index is 1.87. The molecular formula is C18H20O2. The summed E-state index contributed by atoms with van der Waals surface area (Å²) in [5, 5.41) is 11.0. The van der Waals surface area contributed by atoms with Crippen molar-refractivity contribution in [1.82, 2.24) is 0 Å². The lowest BCUT2D eigenvalue weighted by Crippen LogP contribution is -2.25. The van der Waals surface area contributed by atoms with E-state index in [0.717, 1.165) is 17.7 Å². The molecule has 3 rings (SSSR count). The van der Waals surface area contributed by atoms with Crippen LogP contribution in [0, 0.1) is 5.92 Å². The van der Waals surface area contributed by atoms with E-state index in [1.807, 2.05) is 37.3 Å². The summed E-state index contributed by atoms with van der Waals surface area (Å²) in [5.41, 5.74) is 1.34. The molecule has 0 spiro atoms. The third-order valence-electron chi connectivity index (χ3n) is 4.39. The van der Waals surface area contributed by atoms with Crippen molar-refractivity contribution < 1.29 is 9.84 Å². The highest BCUT2D eigenvalue weighted by atomic mass is 16.5. The number of hydrogen-bond acceptors (Lipinski definition) is 2. The summed E-state index contributed by atoms with van der Waals surface area (Å²) in [6, 6.07) is 18.2. The van der Waals surface area contributed by atoms with Crippen molar-refractivity contribution in [2.75, 3.05) is 7.11 Å². The molecule has 0 amide bonds. The van der Waals surface area contributed by atoms with Crippen LogP contribution < -0.4 is 4.74 Å². The summed E-state index contributed by atoms with van der Waals surface area (Å²) < 4.78 is 5.39. The minimum Gasteiger partial charge on any atom is -0.496 e. The van der Waals surface area contributed by atoms with Crippen LogP contribution in [0.3, 0.4) is 0 Å². The van der Waals surface area contributed by atoms with Crippen LogP contribution >= 0.6 is 0 Å². The fraction of sp³-hybridized carbons (Fsp3) is 0.333. The molecule has 0 aliphatic heterocycles. The molecule has 0 aromatic heterocycles. The van der Waals surface area contributed by atoms with Gasteiger partial charge < -0.3 is 9.84 Å². The summed E-state index contributed by atoms with van der Waals surface area (Å²) in [7, 11) is 1.65. The average molecular weight is 268 g/mol. The van der Waals surface area contributed by atoms with E-state index in [2.05, 4.69) is 24.3 Å². The van der Waals surface area contributed by atoms with E-state index in [9.17, 15) is 5.11 Å². The largest absolute Gasteiger partial charge is 0.496 e. The molecule has 3 atom stereocenters. The van der Waals surface area contributed by atoms with E-state index in [0.29, 0.717) is 5.92 Å². The number of ether oxygens (including phenoxy) is 1. The van der Waals surface area contributed by atoms with Gasteiger partial charge in [0.15, 0.2) is 0 Å². The Morgan fingerprint density at radius 1 is 1.05 bits per heavy atom. The summed E-state index contributed by atoms with van der Waals surface area (Å²) in [6.07, 6.45) is 1.02. The van der Waals surface area contributed by atoms with Crippen LogP contribution in [-0.2, 0) is 5.60 Å². The van der Waals surface area contributed by atoms with Crippen LogP contribution in [0.5, 0.6) is 5.75 Å². The average Bonchev–Trinajstić information content (AvgIpc) is 3.29. The van der Waals surface area contributed by atoms with Crippen molar-refractivity contribution in [3.8, 4) is 5.75 Å². The van der Waals surface area contributed by atoms with Crippen molar-refractivity contribution in [3.05, 3.63) is 65.7 Å². The maximum absolute atomic E-state index is 11.0. The van der Waals surface area contributed by atoms with Crippen molar-refractivity contribution in [3.63, 3.8) is 0 Å². The number of benzene rings is 2. The first-order chi connectivity index (χ1) is 9.64. The highest BCUT2D eigenvalue weighted by Crippen LogP contribution is 2.57. The van der Waals surface area contributed by atoms with Crippen LogP contribution in [0.4, 0.5) is 0 Å². The SMILES string of the molecule is COc1ccccc1C(C)(O)C1CC1c1ccccc1. The molecule has 2 aromatic carbocycles. The van der Waals surface area contributed by atoms with Gasteiger partial charge in [-0.1, -0.05) is 48.5 Å². The summed E-state index contributed by atoms with van der Waals surface area (Å²) >= 11 is 0. The van der Waals surface area contributed by atoms with Gasteiger partial charge in [-0.3, -0.25) is 0 Å². The number of rotatable bonds is 4. The predicted octanol–water partition coefficient (Wildman–Crippen LogP) is 3.71. The van der Waals surface area contributed by atoms with Gasteiger partial charge in [0, 0.05) is 5.56 Å².